The van der Waals surface area contributed by atoms with Crippen molar-refractivity contribution in [3.63, 3.8) is 0 Å². The molecule has 1 unspecified atom stereocenters. The lowest BCUT2D eigenvalue weighted by Gasteiger charge is -2.29. The molecule has 0 bridgehead atoms. The summed E-state index contributed by atoms with van der Waals surface area (Å²) in [5, 5.41) is 33.3. The lowest BCUT2D eigenvalue weighted by molar-refractivity contribution is -0.138. The predicted octanol–water partition coefficient (Wildman–Crippen LogP) is -0.396. The molecule has 6 amide bonds. The zero-order chi connectivity index (χ0) is 38.8. The molecule has 0 aromatic heterocycles. The van der Waals surface area contributed by atoms with Crippen molar-refractivity contribution >= 4 is 41.4 Å². The lowest BCUT2D eigenvalue weighted by atomic mass is 9.92. The van der Waals surface area contributed by atoms with Gasteiger partial charge in [0.1, 0.15) is 18.1 Å². The van der Waals surface area contributed by atoms with Gasteiger partial charge in [-0.2, -0.15) is 0 Å². The molecule has 51 heavy (non-hydrogen) atoms. The molecule has 0 aliphatic rings. The first-order chi connectivity index (χ1) is 23.8. The topological polar surface area (TPSA) is 272 Å². The van der Waals surface area contributed by atoms with Crippen LogP contribution in [0, 0.1) is 11.8 Å². The molecule has 1 aromatic carbocycles. The van der Waals surface area contributed by atoms with Crippen molar-refractivity contribution in [2.75, 3.05) is 0 Å². The van der Waals surface area contributed by atoms with E-state index in [9.17, 15) is 43.8 Å². The molecular formula is C35H57N7O9. The van der Waals surface area contributed by atoms with Crippen LogP contribution in [0.2, 0.25) is 0 Å². The van der Waals surface area contributed by atoms with Crippen LogP contribution in [0.4, 0.5) is 0 Å². The van der Waals surface area contributed by atoms with Crippen molar-refractivity contribution in [1.82, 2.24) is 26.6 Å². The summed E-state index contributed by atoms with van der Waals surface area (Å²) in [6.07, 6.45) is -1.33. The Bertz CT molecular complexity index is 1330. The van der Waals surface area contributed by atoms with Gasteiger partial charge in [0.15, 0.2) is 0 Å². The van der Waals surface area contributed by atoms with Gasteiger partial charge >= 0.3 is 5.97 Å². The van der Waals surface area contributed by atoms with E-state index in [-0.39, 0.29) is 37.6 Å². The van der Waals surface area contributed by atoms with Gasteiger partial charge in [-0.25, -0.2) is 0 Å². The summed E-state index contributed by atoms with van der Waals surface area (Å²) in [5.74, 6) is -6.12. The minimum atomic E-state index is -1.33. The van der Waals surface area contributed by atoms with Crippen LogP contribution >= 0.6 is 0 Å². The molecule has 286 valence electrons. The SMILES string of the molecule is CC[C@@H](N)C(=O)N[C@H](CC(N)=O)C(=O)NC(CC(C)C)[C@@H](O)C[C@@H](C)C(=O)N[C@@H](C)C(=O)N[C@@H](CCC(=O)O)C(=O)N[C@H](C)Cc1ccccc1. The summed E-state index contributed by atoms with van der Waals surface area (Å²) in [6, 6.07) is 3.70. The Morgan fingerprint density at radius 3 is 1.88 bits per heavy atom. The number of hydrogen-bond donors (Lipinski definition) is 9. The zero-order valence-corrected chi connectivity index (χ0v) is 30.4. The maximum atomic E-state index is 13.2. The first-order valence-electron chi connectivity index (χ1n) is 17.3. The van der Waals surface area contributed by atoms with Gasteiger partial charge in [0, 0.05) is 18.4 Å². The maximum Gasteiger partial charge on any atom is 0.303 e. The number of amides is 6. The fraction of sp³-hybridized carbons (Fsp3) is 0.629. The van der Waals surface area contributed by atoms with Gasteiger partial charge in [0.2, 0.25) is 35.4 Å². The summed E-state index contributed by atoms with van der Waals surface area (Å²) in [6.45, 7) is 10.1. The van der Waals surface area contributed by atoms with E-state index in [0.29, 0.717) is 12.8 Å². The number of hydrogen-bond acceptors (Lipinski definition) is 9. The highest BCUT2D eigenvalue weighted by Gasteiger charge is 2.32. The Labute approximate surface area is 299 Å². The molecule has 16 nitrogen and oxygen atoms in total. The largest absolute Gasteiger partial charge is 0.481 e. The zero-order valence-electron chi connectivity index (χ0n) is 30.4. The molecule has 0 aliphatic carbocycles. The van der Waals surface area contributed by atoms with Gasteiger partial charge in [-0.15, -0.1) is 0 Å². The summed E-state index contributed by atoms with van der Waals surface area (Å²) in [5.41, 5.74) is 12.0. The van der Waals surface area contributed by atoms with Gasteiger partial charge in [-0.1, -0.05) is 58.0 Å². The summed E-state index contributed by atoms with van der Waals surface area (Å²) in [4.78, 5) is 87.6. The minimum absolute atomic E-state index is 0.0110. The average Bonchev–Trinajstić information content (AvgIpc) is 3.04. The van der Waals surface area contributed by atoms with Crippen molar-refractivity contribution in [3.8, 4) is 0 Å². The fourth-order valence-corrected chi connectivity index (χ4v) is 5.23. The highest BCUT2D eigenvalue weighted by molar-refractivity contribution is 5.93. The van der Waals surface area contributed by atoms with E-state index in [0.717, 1.165) is 5.56 Å². The van der Waals surface area contributed by atoms with Crippen LogP contribution in [0.25, 0.3) is 0 Å². The number of benzene rings is 1. The van der Waals surface area contributed by atoms with Crippen molar-refractivity contribution in [3.05, 3.63) is 35.9 Å². The van der Waals surface area contributed by atoms with Crippen molar-refractivity contribution < 1.29 is 43.8 Å². The lowest BCUT2D eigenvalue weighted by Crippen LogP contribution is -2.56. The number of carbonyl (C=O) groups excluding carboxylic acids is 6. The Morgan fingerprint density at radius 2 is 1.33 bits per heavy atom. The first-order valence-corrected chi connectivity index (χ1v) is 17.3. The van der Waals surface area contributed by atoms with E-state index in [2.05, 4.69) is 26.6 Å². The monoisotopic (exact) mass is 719 g/mol. The average molecular weight is 720 g/mol. The molecule has 16 heteroatoms. The third kappa shape index (κ3) is 17.3. The molecule has 0 radical (unpaired) electrons. The van der Waals surface area contributed by atoms with Crippen molar-refractivity contribution in [1.29, 1.82) is 0 Å². The van der Waals surface area contributed by atoms with Crippen molar-refractivity contribution in [2.24, 2.45) is 23.3 Å². The number of carboxylic acids is 1. The van der Waals surface area contributed by atoms with E-state index in [4.69, 9.17) is 11.5 Å². The maximum absolute atomic E-state index is 13.2. The smallest absolute Gasteiger partial charge is 0.303 e. The highest BCUT2D eigenvalue weighted by atomic mass is 16.4. The van der Waals surface area contributed by atoms with Crippen LogP contribution in [-0.4, -0.2) is 94.0 Å². The second-order valence-electron chi connectivity index (χ2n) is 13.5. The molecule has 8 atom stereocenters. The molecule has 0 aliphatic heterocycles. The minimum Gasteiger partial charge on any atom is -0.481 e. The molecule has 1 aromatic rings. The Morgan fingerprint density at radius 1 is 0.745 bits per heavy atom. The van der Waals surface area contributed by atoms with Crippen LogP contribution in [0.15, 0.2) is 30.3 Å². The summed E-state index contributed by atoms with van der Waals surface area (Å²) >= 11 is 0. The number of nitrogens with one attached hydrogen (secondary N) is 5. The van der Waals surface area contributed by atoms with Gasteiger partial charge < -0.3 is 48.3 Å². The second-order valence-corrected chi connectivity index (χ2v) is 13.5. The van der Waals surface area contributed by atoms with Crippen LogP contribution in [0.1, 0.15) is 85.6 Å². The molecule has 0 saturated carbocycles. The quantitative estimate of drug-likeness (QED) is 0.0706. The van der Waals surface area contributed by atoms with E-state index in [1.165, 1.54) is 13.8 Å². The normalized spacial score (nSPS) is 15.9. The Hall–Kier alpha value is -4.57. The number of carboxylic acid groups (broad SMARTS) is 1. The fourth-order valence-electron chi connectivity index (χ4n) is 5.23. The van der Waals surface area contributed by atoms with Gasteiger partial charge in [0.25, 0.3) is 0 Å². The molecule has 11 N–H and O–H groups in total. The number of primary amides is 1. The van der Waals surface area contributed by atoms with E-state index < -0.39 is 90.1 Å². The van der Waals surface area contributed by atoms with E-state index >= 15 is 0 Å². The molecular weight excluding hydrogens is 662 g/mol. The molecule has 0 spiro atoms. The number of aliphatic carboxylic acids is 1. The van der Waals surface area contributed by atoms with Crippen LogP contribution < -0.4 is 38.1 Å². The standard InChI is InChI=1S/C35H57N7O9/c1-7-24(36)33(49)42-27(18-29(37)44)35(51)41-26(15-19(2)3)28(43)16-20(4)31(47)39-22(6)32(48)40-25(13-14-30(45)46)34(50)38-21(5)17-23-11-9-8-10-12-23/h8-12,19-22,24-28,43H,7,13-18,36H2,1-6H3,(H2,37,44)(H,38,50)(H,39,47)(H,40,48)(H,41,51)(H,42,49)(H,45,46)/t20-,21-,22+,24-,25+,26?,27-,28+/m1/s1. The number of aliphatic hydroxyl groups is 1. The van der Waals surface area contributed by atoms with Gasteiger partial charge in [-0.3, -0.25) is 33.6 Å². The molecule has 0 fully saturated rings. The molecule has 0 saturated heterocycles. The third-order valence-corrected chi connectivity index (χ3v) is 8.18. The predicted molar refractivity (Wildman–Crippen MR) is 189 cm³/mol. The number of aliphatic hydroxyl groups excluding tert-OH is 1. The number of nitrogens with two attached hydrogens (primary N) is 2. The van der Waals surface area contributed by atoms with E-state index in [1.807, 2.05) is 44.2 Å². The molecule has 1 rings (SSSR count). The van der Waals surface area contributed by atoms with Crippen LogP contribution in [0.5, 0.6) is 0 Å². The number of carbonyl (C=O) groups is 7. The Kier molecular flexibility index (Phi) is 19.4. The van der Waals surface area contributed by atoms with Gasteiger partial charge in [0.05, 0.1) is 24.6 Å². The first kappa shape index (κ1) is 44.5. The third-order valence-electron chi connectivity index (χ3n) is 8.18. The summed E-state index contributed by atoms with van der Waals surface area (Å²) in [7, 11) is 0. The van der Waals surface area contributed by atoms with Crippen LogP contribution in [-0.2, 0) is 40.0 Å². The highest BCUT2D eigenvalue weighted by Crippen LogP contribution is 2.16. The number of rotatable bonds is 23. The van der Waals surface area contributed by atoms with Crippen LogP contribution in [0.3, 0.4) is 0 Å². The molecule has 0 heterocycles. The van der Waals surface area contributed by atoms with Gasteiger partial charge in [-0.05, 0) is 57.4 Å². The van der Waals surface area contributed by atoms with E-state index in [1.54, 1.807) is 13.8 Å². The summed E-state index contributed by atoms with van der Waals surface area (Å²) < 4.78 is 0. The Balaban J connectivity index is 2.91. The second kappa shape index (κ2) is 22.3. The van der Waals surface area contributed by atoms with Crippen molar-refractivity contribution in [2.45, 2.75) is 129 Å².